The standard InChI is InChI=1S/C17H17BrN2O2/c1-11(13-6-5-7-14(10-13)20-12(2)21)19-17(22)15-8-3-4-9-16(15)18/h3-11H,1-2H3,(H,19,22)(H,20,21). The molecule has 4 nitrogen and oxygen atoms in total. The summed E-state index contributed by atoms with van der Waals surface area (Å²) < 4.78 is 0.756. The number of hydrogen-bond acceptors (Lipinski definition) is 2. The van der Waals surface area contributed by atoms with E-state index >= 15 is 0 Å². The Bertz CT molecular complexity index is 701. The lowest BCUT2D eigenvalue weighted by Crippen LogP contribution is -2.27. The van der Waals surface area contributed by atoms with Crippen LogP contribution in [0.4, 0.5) is 5.69 Å². The molecule has 0 aliphatic rings. The number of rotatable bonds is 4. The molecular formula is C17H17BrN2O2. The Morgan fingerprint density at radius 3 is 2.50 bits per heavy atom. The lowest BCUT2D eigenvalue weighted by molar-refractivity contribution is -0.114. The molecule has 2 aromatic carbocycles. The van der Waals surface area contributed by atoms with E-state index in [-0.39, 0.29) is 17.9 Å². The molecule has 114 valence electrons. The molecule has 22 heavy (non-hydrogen) atoms. The van der Waals surface area contributed by atoms with E-state index in [1.54, 1.807) is 6.07 Å². The van der Waals surface area contributed by atoms with Crippen molar-refractivity contribution in [1.29, 1.82) is 0 Å². The highest BCUT2D eigenvalue weighted by molar-refractivity contribution is 9.10. The third-order valence-corrected chi connectivity index (χ3v) is 3.86. The van der Waals surface area contributed by atoms with Gasteiger partial charge in [-0.05, 0) is 52.7 Å². The predicted octanol–water partition coefficient (Wildman–Crippen LogP) is 3.90. The second kappa shape index (κ2) is 7.22. The highest BCUT2D eigenvalue weighted by atomic mass is 79.9. The first kappa shape index (κ1) is 16.2. The lowest BCUT2D eigenvalue weighted by Gasteiger charge is -2.16. The van der Waals surface area contributed by atoms with Crippen LogP contribution in [0.25, 0.3) is 0 Å². The van der Waals surface area contributed by atoms with Crippen molar-refractivity contribution in [1.82, 2.24) is 5.32 Å². The van der Waals surface area contributed by atoms with Gasteiger partial charge in [0.2, 0.25) is 5.91 Å². The monoisotopic (exact) mass is 360 g/mol. The van der Waals surface area contributed by atoms with Gasteiger partial charge in [-0.2, -0.15) is 0 Å². The maximum atomic E-state index is 12.3. The summed E-state index contributed by atoms with van der Waals surface area (Å²) in [6.45, 7) is 3.37. The molecule has 0 saturated heterocycles. The van der Waals surface area contributed by atoms with Crippen LogP contribution in [0, 0.1) is 0 Å². The van der Waals surface area contributed by atoms with Gasteiger partial charge in [0, 0.05) is 17.1 Å². The van der Waals surface area contributed by atoms with E-state index in [0.717, 1.165) is 10.0 Å². The van der Waals surface area contributed by atoms with Gasteiger partial charge in [0.25, 0.3) is 5.91 Å². The Labute approximate surface area is 138 Å². The zero-order chi connectivity index (χ0) is 16.1. The zero-order valence-corrected chi connectivity index (χ0v) is 14.0. The molecule has 2 rings (SSSR count). The molecule has 2 N–H and O–H groups in total. The first-order valence-corrected chi connectivity index (χ1v) is 7.69. The molecule has 1 atom stereocenters. The number of halogens is 1. The quantitative estimate of drug-likeness (QED) is 0.868. The molecule has 2 aromatic rings. The van der Waals surface area contributed by atoms with Crippen LogP contribution in [-0.4, -0.2) is 11.8 Å². The average Bonchev–Trinajstić information content (AvgIpc) is 2.47. The fraction of sp³-hybridized carbons (Fsp3) is 0.176. The van der Waals surface area contributed by atoms with E-state index in [0.29, 0.717) is 11.3 Å². The smallest absolute Gasteiger partial charge is 0.252 e. The normalized spacial score (nSPS) is 11.6. The average molecular weight is 361 g/mol. The molecule has 2 amide bonds. The largest absolute Gasteiger partial charge is 0.345 e. The van der Waals surface area contributed by atoms with Gasteiger partial charge in [0.1, 0.15) is 0 Å². The van der Waals surface area contributed by atoms with Crippen molar-refractivity contribution in [2.45, 2.75) is 19.9 Å². The molecule has 0 saturated carbocycles. The molecular weight excluding hydrogens is 344 g/mol. The SMILES string of the molecule is CC(=O)Nc1cccc(C(C)NC(=O)c2ccccc2Br)c1. The summed E-state index contributed by atoms with van der Waals surface area (Å²) in [4.78, 5) is 23.4. The van der Waals surface area contributed by atoms with E-state index in [1.165, 1.54) is 6.92 Å². The molecule has 0 bridgehead atoms. The molecule has 0 spiro atoms. The minimum absolute atomic E-state index is 0.123. The maximum absolute atomic E-state index is 12.3. The van der Waals surface area contributed by atoms with Gasteiger partial charge in [0.15, 0.2) is 0 Å². The van der Waals surface area contributed by atoms with Crippen LogP contribution in [0.3, 0.4) is 0 Å². The fourth-order valence-corrected chi connectivity index (χ4v) is 2.56. The van der Waals surface area contributed by atoms with Crippen LogP contribution in [0.15, 0.2) is 53.0 Å². The van der Waals surface area contributed by atoms with Crippen LogP contribution in [0.1, 0.15) is 35.8 Å². The van der Waals surface area contributed by atoms with Crippen LogP contribution >= 0.6 is 15.9 Å². The Kier molecular flexibility index (Phi) is 5.33. The molecule has 0 aliphatic carbocycles. The van der Waals surface area contributed by atoms with Crippen molar-refractivity contribution in [3.8, 4) is 0 Å². The van der Waals surface area contributed by atoms with Gasteiger partial charge in [-0.25, -0.2) is 0 Å². The fourth-order valence-electron chi connectivity index (χ4n) is 2.09. The second-order valence-electron chi connectivity index (χ2n) is 4.98. The Hall–Kier alpha value is -2.14. The molecule has 0 heterocycles. The van der Waals surface area contributed by atoms with Crippen molar-refractivity contribution in [3.05, 3.63) is 64.1 Å². The molecule has 1 unspecified atom stereocenters. The van der Waals surface area contributed by atoms with Crippen molar-refractivity contribution in [3.63, 3.8) is 0 Å². The third-order valence-electron chi connectivity index (χ3n) is 3.17. The lowest BCUT2D eigenvalue weighted by atomic mass is 10.1. The first-order valence-electron chi connectivity index (χ1n) is 6.90. The molecule has 0 aliphatic heterocycles. The summed E-state index contributed by atoms with van der Waals surface area (Å²) in [6, 6.07) is 14.5. The van der Waals surface area contributed by atoms with Gasteiger partial charge >= 0.3 is 0 Å². The van der Waals surface area contributed by atoms with Crippen molar-refractivity contribution < 1.29 is 9.59 Å². The van der Waals surface area contributed by atoms with Crippen LogP contribution in [0.2, 0.25) is 0 Å². The topological polar surface area (TPSA) is 58.2 Å². The van der Waals surface area contributed by atoms with Gasteiger partial charge in [-0.3, -0.25) is 9.59 Å². The predicted molar refractivity (Wildman–Crippen MR) is 90.8 cm³/mol. The first-order chi connectivity index (χ1) is 10.5. The van der Waals surface area contributed by atoms with Crippen molar-refractivity contribution in [2.24, 2.45) is 0 Å². The Balaban J connectivity index is 2.12. The van der Waals surface area contributed by atoms with Gasteiger partial charge in [-0.15, -0.1) is 0 Å². The summed E-state index contributed by atoms with van der Waals surface area (Å²) in [5.74, 6) is -0.271. The van der Waals surface area contributed by atoms with E-state index in [1.807, 2.05) is 49.4 Å². The van der Waals surface area contributed by atoms with Crippen molar-refractivity contribution >= 4 is 33.4 Å². The van der Waals surface area contributed by atoms with Crippen LogP contribution in [0.5, 0.6) is 0 Å². The highest BCUT2D eigenvalue weighted by Crippen LogP contribution is 2.20. The van der Waals surface area contributed by atoms with E-state index in [9.17, 15) is 9.59 Å². The summed E-state index contributed by atoms with van der Waals surface area (Å²) in [7, 11) is 0. The number of carbonyl (C=O) groups is 2. The number of anilines is 1. The van der Waals surface area contributed by atoms with Gasteiger partial charge in [0.05, 0.1) is 11.6 Å². The summed E-state index contributed by atoms with van der Waals surface area (Å²) in [6.07, 6.45) is 0. The molecule has 5 heteroatoms. The van der Waals surface area contributed by atoms with E-state index in [2.05, 4.69) is 26.6 Å². The summed E-state index contributed by atoms with van der Waals surface area (Å²) in [5, 5.41) is 5.69. The number of amides is 2. The molecule has 0 aromatic heterocycles. The van der Waals surface area contributed by atoms with Gasteiger partial charge < -0.3 is 10.6 Å². The van der Waals surface area contributed by atoms with Gasteiger partial charge in [-0.1, -0.05) is 24.3 Å². The minimum atomic E-state index is -0.173. The molecule has 0 radical (unpaired) electrons. The van der Waals surface area contributed by atoms with Crippen LogP contribution in [-0.2, 0) is 4.79 Å². The number of carbonyl (C=O) groups excluding carboxylic acids is 2. The highest BCUT2D eigenvalue weighted by Gasteiger charge is 2.14. The second-order valence-corrected chi connectivity index (χ2v) is 5.84. The Morgan fingerprint density at radius 1 is 1.09 bits per heavy atom. The summed E-state index contributed by atoms with van der Waals surface area (Å²) >= 11 is 3.37. The number of benzene rings is 2. The number of hydrogen-bond donors (Lipinski definition) is 2. The molecule has 0 fully saturated rings. The Morgan fingerprint density at radius 2 is 1.82 bits per heavy atom. The summed E-state index contributed by atoms with van der Waals surface area (Å²) in [5.41, 5.74) is 2.23. The van der Waals surface area contributed by atoms with Crippen LogP contribution < -0.4 is 10.6 Å². The number of nitrogens with one attached hydrogen (secondary N) is 2. The third kappa shape index (κ3) is 4.18. The maximum Gasteiger partial charge on any atom is 0.252 e. The van der Waals surface area contributed by atoms with E-state index in [4.69, 9.17) is 0 Å². The van der Waals surface area contributed by atoms with E-state index < -0.39 is 0 Å². The van der Waals surface area contributed by atoms with Crippen molar-refractivity contribution in [2.75, 3.05) is 5.32 Å². The minimum Gasteiger partial charge on any atom is -0.345 e. The zero-order valence-electron chi connectivity index (χ0n) is 12.4.